The maximum Gasteiger partial charge on any atom is 0.269 e. The zero-order valence-electron chi connectivity index (χ0n) is 12.4. The van der Waals surface area contributed by atoms with Gasteiger partial charge in [-0.25, -0.2) is 17.4 Å². The molecule has 0 saturated heterocycles. The van der Waals surface area contributed by atoms with Gasteiger partial charge in [0, 0.05) is 18.0 Å². The molecule has 3 aromatic rings. The molecule has 3 rings (SSSR count). The Labute approximate surface area is 130 Å². The van der Waals surface area contributed by atoms with Gasteiger partial charge in [0.2, 0.25) is 0 Å². The van der Waals surface area contributed by atoms with E-state index in [-0.39, 0.29) is 4.90 Å². The van der Waals surface area contributed by atoms with Crippen LogP contribution < -0.4 is 0 Å². The Morgan fingerprint density at radius 3 is 2.36 bits per heavy atom. The van der Waals surface area contributed by atoms with Gasteiger partial charge in [0.25, 0.3) is 10.0 Å². The molecular weight excluding hydrogens is 296 g/mol. The van der Waals surface area contributed by atoms with Gasteiger partial charge in [-0.2, -0.15) is 0 Å². The lowest BCUT2D eigenvalue weighted by atomic mass is 10.1. The molecule has 0 unspecified atom stereocenters. The summed E-state index contributed by atoms with van der Waals surface area (Å²) >= 11 is 0. The number of rotatable bonds is 3. The fraction of sp³-hybridized carbons (Fsp3) is 0.118. The summed E-state index contributed by atoms with van der Waals surface area (Å²) in [5.41, 5.74) is 2.85. The topological polar surface area (TPSA) is 52.0 Å². The SMILES string of the molecule is Cc1ccc(S(=O)(=O)n2ccnc2-c2cccc(C)c2)cc1. The molecule has 1 heterocycles. The van der Waals surface area contributed by atoms with Crippen molar-refractivity contribution in [1.82, 2.24) is 8.96 Å². The molecule has 4 nitrogen and oxygen atoms in total. The van der Waals surface area contributed by atoms with Crippen LogP contribution in [0.2, 0.25) is 0 Å². The van der Waals surface area contributed by atoms with Crippen LogP contribution in [0.15, 0.2) is 65.8 Å². The standard InChI is InChI=1S/C17H16N2O2S/c1-13-6-8-16(9-7-13)22(20,21)19-11-10-18-17(19)15-5-3-4-14(2)12-15/h3-12H,1-2H3. The fourth-order valence-electron chi connectivity index (χ4n) is 2.30. The third-order valence-corrected chi connectivity index (χ3v) is 5.14. The predicted molar refractivity (Wildman–Crippen MR) is 86.2 cm³/mol. The van der Waals surface area contributed by atoms with E-state index < -0.39 is 10.0 Å². The van der Waals surface area contributed by atoms with E-state index in [1.165, 1.54) is 16.4 Å². The molecule has 112 valence electrons. The summed E-state index contributed by atoms with van der Waals surface area (Å²) in [4.78, 5) is 4.48. The average Bonchev–Trinajstić information content (AvgIpc) is 2.98. The third-order valence-electron chi connectivity index (χ3n) is 3.46. The molecular formula is C17H16N2O2S. The van der Waals surface area contributed by atoms with Gasteiger partial charge in [-0.3, -0.25) is 0 Å². The maximum absolute atomic E-state index is 12.8. The van der Waals surface area contributed by atoms with Crippen LogP contribution in [0.4, 0.5) is 0 Å². The van der Waals surface area contributed by atoms with Crippen LogP contribution in [0.1, 0.15) is 11.1 Å². The average molecular weight is 312 g/mol. The maximum atomic E-state index is 12.8. The van der Waals surface area contributed by atoms with Gasteiger partial charge in [0.05, 0.1) is 4.90 Å². The molecule has 0 N–H and O–H groups in total. The highest BCUT2D eigenvalue weighted by atomic mass is 32.2. The first-order chi connectivity index (χ1) is 10.5. The second-order valence-electron chi connectivity index (χ2n) is 5.23. The summed E-state index contributed by atoms with van der Waals surface area (Å²) in [6.07, 6.45) is 2.98. The molecule has 0 amide bonds. The van der Waals surface area contributed by atoms with Gasteiger partial charge < -0.3 is 0 Å². The van der Waals surface area contributed by atoms with Crippen molar-refractivity contribution in [3.63, 3.8) is 0 Å². The first-order valence-corrected chi connectivity index (χ1v) is 8.35. The largest absolute Gasteiger partial charge is 0.269 e. The lowest BCUT2D eigenvalue weighted by Crippen LogP contribution is -2.13. The molecule has 0 spiro atoms. The summed E-state index contributed by atoms with van der Waals surface area (Å²) in [5.74, 6) is 0.421. The van der Waals surface area contributed by atoms with Crippen molar-refractivity contribution in [3.05, 3.63) is 72.1 Å². The molecule has 2 aromatic carbocycles. The van der Waals surface area contributed by atoms with Crippen LogP contribution in [0.5, 0.6) is 0 Å². The first-order valence-electron chi connectivity index (χ1n) is 6.91. The van der Waals surface area contributed by atoms with Gasteiger partial charge in [-0.15, -0.1) is 0 Å². The smallest absolute Gasteiger partial charge is 0.236 e. The monoisotopic (exact) mass is 312 g/mol. The summed E-state index contributed by atoms with van der Waals surface area (Å²) < 4.78 is 26.8. The number of aryl methyl sites for hydroxylation is 2. The van der Waals surface area contributed by atoms with Crippen molar-refractivity contribution in [2.24, 2.45) is 0 Å². The zero-order chi connectivity index (χ0) is 15.7. The van der Waals surface area contributed by atoms with Crippen molar-refractivity contribution in [2.45, 2.75) is 18.7 Å². The normalized spacial score (nSPS) is 11.5. The van der Waals surface area contributed by atoms with Crippen molar-refractivity contribution >= 4 is 10.0 Å². The van der Waals surface area contributed by atoms with Crippen LogP contribution in [0, 0.1) is 13.8 Å². The molecule has 0 aliphatic heterocycles. The molecule has 5 heteroatoms. The van der Waals surface area contributed by atoms with Gasteiger partial charge in [-0.05, 0) is 32.0 Å². The van der Waals surface area contributed by atoms with E-state index in [1.807, 2.05) is 38.1 Å². The van der Waals surface area contributed by atoms with E-state index in [4.69, 9.17) is 0 Å². The second-order valence-corrected chi connectivity index (χ2v) is 7.05. The second kappa shape index (κ2) is 5.42. The zero-order valence-corrected chi connectivity index (χ0v) is 13.2. The van der Waals surface area contributed by atoms with Crippen molar-refractivity contribution in [1.29, 1.82) is 0 Å². The van der Waals surface area contributed by atoms with Crippen LogP contribution in [-0.4, -0.2) is 17.4 Å². The number of aromatic nitrogens is 2. The number of hydrogen-bond acceptors (Lipinski definition) is 3. The van der Waals surface area contributed by atoms with E-state index in [0.717, 1.165) is 16.7 Å². The van der Waals surface area contributed by atoms with Crippen molar-refractivity contribution in [2.75, 3.05) is 0 Å². The van der Waals surface area contributed by atoms with Crippen LogP contribution in [0.3, 0.4) is 0 Å². The fourth-order valence-corrected chi connectivity index (χ4v) is 3.60. The van der Waals surface area contributed by atoms with Crippen LogP contribution in [-0.2, 0) is 10.0 Å². The molecule has 0 aliphatic carbocycles. The van der Waals surface area contributed by atoms with Crippen molar-refractivity contribution in [3.8, 4) is 11.4 Å². The minimum atomic E-state index is -3.65. The summed E-state index contributed by atoms with van der Waals surface area (Å²) in [6, 6.07) is 14.4. The number of hydrogen-bond donors (Lipinski definition) is 0. The lowest BCUT2D eigenvalue weighted by Gasteiger charge is -2.10. The Morgan fingerprint density at radius 1 is 0.955 bits per heavy atom. The number of nitrogens with zero attached hydrogens (tertiary/aromatic N) is 2. The molecule has 0 atom stereocenters. The molecule has 0 saturated carbocycles. The Kier molecular flexibility index (Phi) is 3.58. The summed E-state index contributed by atoms with van der Waals surface area (Å²) in [7, 11) is -3.65. The van der Waals surface area contributed by atoms with Gasteiger partial charge in [-0.1, -0.05) is 41.5 Å². The van der Waals surface area contributed by atoms with Gasteiger partial charge >= 0.3 is 0 Å². The Hall–Kier alpha value is -2.40. The molecule has 0 radical (unpaired) electrons. The molecule has 22 heavy (non-hydrogen) atoms. The minimum Gasteiger partial charge on any atom is -0.236 e. The Morgan fingerprint density at radius 2 is 1.68 bits per heavy atom. The van der Waals surface area contributed by atoms with Gasteiger partial charge in [0.1, 0.15) is 0 Å². The predicted octanol–water partition coefficient (Wildman–Crippen LogP) is 3.40. The summed E-state index contributed by atoms with van der Waals surface area (Å²) in [5, 5.41) is 0. The molecule has 0 fully saturated rings. The van der Waals surface area contributed by atoms with E-state index >= 15 is 0 Å². The highest BCUT2D eigenvalue weighted by molar-refractivity contribution is 7.90. The highest BCUT2D eigenvalue weighted by Crippen LogP contribution is 2.23. The minimum absolute atomic E-state index is 0.255. The third kappa shape index (κ3) is 2.55. The van der Waals surface area contributed by atoms with Crippen LogP contribution >= 0.6 is 0 Å². The van der Waals surface area contributed by atoms with E-state index in [0.29, 0.717) is 5.82 Å². The van der Waals surface area contributed by atoms with E-state index in [9.17, 15) is 8.42 Å². The first kappa shape index (κ1) is 14.5. The quantitative estimate of drug-likeness (QED) is 0.745. The van der Waals surface area contributed by atoms with E-state index in [1.54, 1.807) is 24.3 Å². The Bertz CT molecular complexity index is 910. The molecule has 0 bridgehead atoms. The Balaban J connectivity index is 2.14. The van der Waals surface area contributed by atoms with Gasteiger partial charge in [0.15, 0.2) is 5.82 Å². The van der Waals surface area contributed by atoms with Crippen molar-refractivity contribution < 1.29 is 8.42 Å². The highest BCUT2D eigenvalue weighted by Gasteiger charge is 2.20. The van der Waals surface area contributed by atoms with E-state index in [2.05, 4.69) is 4.98 Å². The number of benzene rings is 2. The lowest BCUT2D eigenvalue weighted by molar-refractivity contribution is 0.588. The molecule has 1 aromatic heterocycles. The number of imidazole rings is 1. The molecule has 0 aliphatic rings. The van der Waals surface area contributed by atoms with Crippen LogP contribution in [0.25, 0.3) is 11.4 Å². The summed E-state index contributed by atoms with van der Waals surface area (Å²) in [6.45, 7) is 3.89.